The van der Waals surface area contributed by atoms with E-state index >= 15 is 0 Å². The molecule has 0 aliphatic heterocycles. The maximum absolute atomic E-state index is 12.5. The second-order valence-corrected chi connectivity index (χ2v) is 8.00. The van der Waals surface area contributed by atoms with Gasteiger partial charge in [-0.1, -0.05) is 40.2 Å². The Balaban J connectivity index is 1.98. The first kappa shape index (κ1) is 14.5. The summed E-state index contributed by atoms with van der Waals surface area (Å²) in [6, 6.07) is 10.7. The topological polar surface area (TPSA) is 63.2 Å². The fraction of sp³-hybridized carbons (Fsp3) is 0.267. The van der Waals surface area contributed by atoms with Gasteiger partial charge in [0.25, 0.3) is 0 Å². The average Bonchev–Trinajstić information content (AvgIpc) is 3.22. The van der Waals surface area contributed by atoms with E-state index in [2.05, 4.69) is 21.2 Å². The molecule has 1 saturated carbocycles. The van der Waals surface area contributed by atoms with Gasteiger partial charge >= 0.3 is 0 Å². The van der Waals surface area contributed by atoms with E-state index < -0.39 is 21.5 Å². The monoisotopic (exact) mass is 367 g/mol. The zero-order valence-electron chi connectivity index (χ0n) is 11.2. The van der Waals surface area contributed by atoms with Crippen LogP contribution in [-0.2, 0) is 14.6 Å². The van der Waals surface area contributed by atoms with Gasteiger partial charge in [-0.15, -0.1) is 0 Å². The number of hydrogen-bond donors (Lipinski definition) is 1. The van der Waals surface area contributed by atoms with Gasteiger partial charge in [0.05, 0.1) is 4.90 Å². The first-order chi connectivity index (χ1) is 9.97. The number of amides is 1. The third-order valence-electron chi connectivity index (χ3n) is 3.43. The van der Waals surface area contributed by atoms with Gasteiger partial charge in [-0.2, -0.15) is 0 Å². The van der Waals surface area contributed by atoms with Crippen LogP contribution in [0.2, 0.25) is 0 Å². The quantitative estimate of drug-likeness (QED) is 0.903. The number of carbonyl (C=O) groups is 1. The highest BCUT2D eigenvalue weighted by Gasteiger charge is 2.27. The molecule has 4 nitrogen and oxygen atoms in total. The van der Waals surface area contributed by atoms with Crippen molar-refractivity contribution >= 4 is 42.4 Å². The number of benzene rings is 2. The molecule has 1 N–H and O–H groups in total. The Morgan fingerprint density at radius 1 is 1.14 bits per heavy atom. The van der Waals surface area contributed by atoms with Gasteiger partial charge in [0.2, 0.25) is 5.91 Å². The Morgan fingerprint density at radius 3 is 2.48 bits per heavy atom. The lowest BCUT2D eigenvalue weighted by molar-refractivity contribution is -0.118. The molecular formula is C15H14BrNO3S. The summed E-state index contributed by atoms with van der Waals surface area (Å²) in [4.78, 5) is 12.0. The molecule has 0 aromatic heterocycles. The summed E-state index contributed by atoms with van der Waals surface area (Å²) >= 11 is 3.42. The van der Waals surface area contributed by atoms with Crippen LogP contribution < -0.4 is 5.32 Å². The standard InChI is InChI=1S/C15H14BrNO3S/c16-13-7-8-14(12-4-2-1-3-11(12)13)21(19,20)9-15(18)17-10-5-6-10/h1-4,7-8,10H,5-6,9H2,(H,17,18). The Bertz CT molecular complexity index is 813. The lowest BCUT2D eigenvalue weighted by Gasteiger charge is -2.09. The molecule has 1 aliphatic carbocycles. The molecule has 1 aliphatic rings. The van der Waals surface area contributed by atoms with Crippen LogP contribution in [0.1, 0.15) is 12.8 Å². The van der Waals surface area contributed by atoms with Crippen molar-refractivity contribution in [2.75, 3.05) is 5.75 Å². The van der Waals surface area contributed by atoms with Crippen LogP contribution in [0.3, 0.4) is 0 Å². The van der Waals surface area contributed by atoms with Gasteiger partial charge in [-0.05, 0) is 30.4 Å². The van der Waals surface area contributed by atoms with Crippen molar-refractivity contribution < 1.29 is 13.2 Å². The van der Waals surface area contributed by atoms with Crippen LogP contribution in [0, 0.1) is 0 Å². The van der Waals surface area contributed by atoms with Crippen LogP contribution in [0.15, 0.2) is 45.8 Å². The van der Waals surface area contributed by atoms with Crippen molar-refractivity contribution in [3.63, 3.8) is 0 Å². The fourth-order valence-corrected chi connectivity index (χ4v) is 4.10. The van der Waals surface area contributed by atoms with E-state index in [0.717, 1.165) is 22.7 Å². The van der Waals surface area contributed by atoms with E-state index in [0.29, 0.717) is 5.39 Å². The van der Waals surface area contributed by atoms with Crippen molar-refractivity contribution in [3.8, 4) is 0 Å². The predicted molar refractivity (Wildman–Crippen MR) is 84.9 cm³/mol. The molecule has 6 heteroatoms. The minimum atomic E-state index is -3.65. The summed E-state index contributed by atoms with van der Waals surface area (Å²) in [5.41, 5.74) is 0. The van der Waals surface area contributed by atoms with E-state index in [1.807, 2.05) is 12.1 Å². The number of halogens is 1. The molecule has 0 atom stereocenters. The number of fused-ring (bicyclic) bond motifs is 1. The highest BCUT2D eigenvalue weighted by atomic mass is 79.9. The normalized spacial score (nSPS) is 15.1. The van der Waals surface area contributed by atoms with Gasteiger partial charge < -0.3 is 5.32 Å². The first-order valence-electron chi connectivity index (χ1n) is 6.67. The minimum absolute atomic E-state index is 0.161. The van der Waals surface area contributed by atoms with Gasteiger partial charge in [0.15, 0.2) is 9.84 Å². The summed E-state index contributed by atoms with van der Waals surface area (Å²) in [5, 5.41) is 4.16. The summed E-state index contributed by atoms with van der Waals surface area (Å²) in [6.07, 6.45) is 1.88. The molecular weight excluding hydrogens is 354 g/mol. The maximum atomic E-state index is 12.5. The molecule has 110 valence electrons. The Hall–Kier alpha value is -1.40. The second kappa shape index (κ2) is 5.42. The summed E-state index contributed by atoms with van der Waals surface area (Å²) in [5.74, 6) is -0.931. The van der Waals surface area contributed by atoms with Crippen LogP contribution in [0.4, 0.5) is 0 Å². The smallest absolute Gasteiger partial charge is 0.235 e. The third kappa shape index (κ3) is 3.11. The lowest BCUT2D eigenvalue weighted by atomic mass is 10.1. The summed E-state index contributed by atoms with van der Waals surface area (Å²) in [6.45, 7) is 0. The molecule has 0 radical (unpaired) electrons. The summed E-state index contributed by atoms with van der Waals surface area (Å²) < 4.78 is 25.8. The molecule has 1 fully saturated rings. The van der Waals surface area contributed by atoms with Gasteiger partial charge in [-0.3, -0.25) is 4.79 Å². The number of rotatable bonds is 4. The Labute approximate surface area is 131 Å². The molecule has 0 heterocycles. The highest BCUT2D eigenvalue weighted by Crippen LogP contribution is 2.30. The van der Waals surface area contributed by atoms with Crippen LogP contribution in [0.25, 0.3) is 10.8 Å². The van der Waals surface area contributed by atoms with E-state index in [1.165, 1.54) is 0 Å². The van der Waals surface area contributed by atoms with Crippen LogP contribution in [-0.4, -0.2) is 26.1 Å². The lowest BCUT2D eigenvalue weighted by Crippen LogP contribution is -2.31. The van der Waals surface area contributed by atoms with Gasteiger partial charge in [0, 0.05) is 15.9 Å². The largest absolute Gasteiger partial charge is 0.352 e. The molecule has 3 rings (SSSR count). The molecule has 2 aromatic carbocycles. The second-order valence-electron chi connectivity index (χ2n) is 5.19. The van der Waals surface area contributed by atoms with Crippen molar-refractivity contribution in [1.82, 2.24) is 5.32 Å². The first-order valence-corrected chi connectivity index (χ1v) is 9.11. The molecule has 0 saturated heterocycles. The van der Waals surface area contributed by atoms with Crippen molar-refractivity contribution in [1.29, 1.82) is 0 Å². The molecule has 0 bridgehead atoms. The Kier molecular flexibility index (Phi) is 3.75. The minimum Gasteiger partial charge on any atom is -0.352 e. The predicted octanol–water partition coefficient (Wildman–Crippen LogP) is 2.65. The van der Waals surface area contributed by atoms with E-state index in [4.69, 9.17) is 0 Å². The molecule has 0 unspecified atom stereocenters. The SMILES string of the molecule is O=C(CS(=O)(=O)c1ccc(Br)c2ccccc12)NC1CC1. The number of hydrogen-bond acceptors (Lipinski definition) is 3. The van der Waals surface area contributed by atoms with Crippen molar-refractivity contribution in [2.24, 2.45) is 0 Å². The molecule has 0 spiro atoms. The van der Waals surface area contributed by atoms with Crippen molar-refractivity contribution in [3.05, 3.63) is 40.9 Å². The van der Waals surface area contributed by atoms with E-state index in [1.54, 1.807) is 24.3 Å². The molecule has 2 aromatic rings. The maximum Gasteiger partial charge on any atom is 0.235 e. The van der Waals surface area contributed by atoms with Gasteiger partial charge in [-0.25, -0.2) is 8.42 Å². The average molecular weight is 368 g/mol. The number of sulfone groups is 1. The van der Waals surface area contributed by atoms with Gasteiger partial charge in [0.1, 0.15) is 5.75 Å². The highest BCUT2D eigenvalue weighted by molar-refractivity contribution is 9.10. The fourth-order valence-electron chi connectivity index (χ4n) is 2.25. The zero-order valence-corrected chi connectivity index (χ0v) is 13.6. The summed E-state index contributed by atoms with van der Waals surface area (Å²) in [7, 11) is -3.65. The number of nitrogens with one attached hydrogen (secondary N) is 1. The molecule has 21 heavy (non-hydrogen) atoms. The van der Waals surface area contributed by atoms with E-state index in [-0.39, 0.29) is 10.9 Å². The number of carbonyl (C=O) groups excluding carboxylic acids is 1. The van der Waals surface area contributed by atoms with E-state index in [9.17, 15) is 13.2 Å². The zero-order chi connectivity index (χ0) is 15.0. The third-order valence-corrected chi connectivity index (χ3v) is 5.79. The Morgan fingerprint density at radius 2 is 1.81 bits per heavy atom. The van der Waals surface area contributed by atoms with Crippen LogP contribution in [0.5, 0.6) is 0 Å². The van der Waals surface area contributed by atoms with Crippen LogP contribution >= 0.6 is 15.9 Å². The molecule has 1 amide bonds. The van der Waals surface area contributed by atoms with Crippen molar-refractivity contribution in [2.45, 2.75) is 23.8 Å².